The lowest BCUT2D eigenvalue weighted by atomic mass is 9.97. The van der Waals surface area contributed by atoms with E-state index in [9.17, 15) is 4.79 Å². The van der Waals surface area contributed by atoms with Crippen molar-refractivity contribution in [1.82, 2.24) is 10.2 Å². The number of methoxy groups -OCH3 is 1. The molecule has 5 heteroatoms. The maximum absolute atomic E-state index is 12.2. The summed E-state index contributed by atoms with van der Waals surface area (Å²) in [6.45, 7) is 5.51. The van der Waals surface area contributed by atoms with E-state index in [1.165, 1.54) is 0 Å². The minimum absolute atomic E-state index is 0.244. The van der Waals surface area contributed by atoms with Crippen LogP contribution in [0.5, 0.6) is 5.75 Å². The van der Waals surface area contributed by atoms with Gasteiger partial charge in [0, 0.05) is 37.6 Å². The number of amides is 1. The Kier molecular flexibility index (Phi) is 5.88. The topological polar surface area (TPSA) is 41.6 Å². The van der Waals surface area contributed by atoms with Gasteiger partial charge in [-0.05, 0) is 30.0 Å². The van der Waals surface area contributed by atoms with E-state index in [1.54, 1.807) is 7.11 Å². The molecule has 1 aliphatic heterocycles. The molecular weight excluding hydrogens is 288 g/mol. The number of halogens is 1. The quantitative estimate of drug-likeness (QED) is 0.907. The van der Waals surface area contributed by atoms with E-state index >= 15 is 0 Å². The van der Waals surface area contributed by atoms with Gasteiger partial charge in [-0.15, -0.1) is 0 Å². The van der Waals surface area contributed by atoms with Crippen LogP contribution in [0.25, 0.3) is 0 Å². The maximum atomic E-state index is 12.2. The molecule has 1 saturated heterocycles. The van der Waals surface area contributed by atoms with E-state index in [0.717, 1.165) is 43.9 Å². The van der Waals surface area contributed by atoms with Gasteiger partial charge >= 0.3 is 0 Å². The van der Waals surface area contributed by atoms with Crippen molar-refractivity contribution in [2.24, 2.45) is 5.92 Å². The van der Waals surface area contributed by atoms with E-state index in [1.807, 2.05) is 23.1 Å². The van der Waals surface area contributed by atoms with Crippen molar-refractivity contribution in [3.05, 3.63) is 28.8 Å². The summed E-state index contributed by atoms with van der Waals surface area (Å²) in [5, 5.41) is 3.96. The molecule has 1 heterocycles. The summed E-state index contributed by atoms with van der Waals surface area (Å²) in [5.41, 5.74) is 1.07. The van der Waals surface area contributed by atoms with Gasteiger partial charge in [0.05, 0.1) is 7.11 Å². The highest BCUT2D eigenvalue weighted by molar-refractivity contribution is 6.31. The molecule has 1 atom stereocenters. The Hall–Kier alpha value is -1.26. The zero-order chi connectivity index (χ0) is 15.2. The van der Waals surface area contributed by atoms with Crippen LogP contribution in [-0.2, 0) is 11.2 Å². The van der Waals surface area contributed by atoms with Gasteiger partial charge in [-0.2, -0.15) is 0 Å². The second-order valence-corrected chi connectivity index (χ2v) is 6.01. The molecule has 0 saturated carbocycles. The first-order valence-electron chi connectivity index (χ1n) is 7.41. The van der Waals surface area contributed by atoms with E-state index in [2.05, 4.69) is 12.2 Å². The number of piperazine rings is 1. The standard InChI is InChI=1S/C16H23ClN2O2/c1-12(10-16(20)19-7-5-18-6-8-19)9-13-3-4-14(21-2)11-15(13)17/h3-4,11-12,18H,5-10H2,1-2H3. The average Bonchev–Trinajstić information content (AvgIpc) is 2.50. The Morgan fingerprint density at radius 1 is 1.43 bits per heavy atom. The molecule has 1 aromatic carbocycles. The number of ether oxygens (including phenoxy) is 1. The van der Waals surface area contributed by atoms with Crippen molar-refractivity contribution in [3.63, 3.8) is 0 Å². The predicted octanol–water partition coefficient (Wildman–Crippen LogP) is 2.35. The maximum Gasteiger partial charge on any atom is 0.222 e. The minimum atomic E-state index is 0.244. The summed E-state index contributed by atoms with van der Waals surface area (Å²) in [4.78, 5) is 14.2. The van der Waals surface area contributed by atoms with Gasteiger partial charge in [-0.1, -0.05) is 24.6 Å². The zero-order valence-corrected chi connectivity index (χ0v) is 13.4. The lowest BCUT2D eigenvalue weighted by Gasteiger charge is -2.28. The molecule has 1 amide bonds. The van der Waals surface area contributed by atoms with Crippen LogP contribution in [0.15, 0.2) is 18.2 Å². The third-order valence-corrected chi connectivity index (χ3v) is 4.17. The Morgan fingerprint density at radius 2 is 2.14 bits per heavy atom. The third kappa shape index (κ3) is 4.61. The largest absolute Gasteiger partial charge is 0.497 e. The van der Waals surface area contributed by atoms with Crippen molar-refractivity contribution in [2.75, 3.05) is 33.3 Å². The van der Waals surface area contributed by atoms with E-state index in [-0.39, 0.29) is 11.8 Å². The molecule has 21 heavy (non-hydrogen) atoms. The van der Waals surface area contributed by atoms with Gasteiger partial charge in [-0.3, -0.25) is 4.79 Å². The van der Waals surface area contributed by atoms with Crippen molar-refractivity contribution < 1.29 is 9.53 Å². The van der Waals surface area contributed by atoms with Crippen LogP contribution >= 0.6 is 11.6 Å². The molecule has 0 aromatic heterocycles. The summed E-state index contributed by atoms with van der Waals surface area (Å²) in [6.07, 6.45) is 1.38. The summed E-state index contributed by atoms with van der Waals surface area (Å²) >= 11 is 6.25. The van der Waals surface area contributed by atoms with Crippen molar-refractivity contribution >= 4 is 17.5 Å². The number of nitrogens with zero attached hydrogens (tertiary/aromatic N) is 1. The Bertz CT molecular complexity index is 487. The highest BCUT2D eigenvalue weighted by atomic mass is 35.5. The van der Waals surface area contributed by atoms with Crippen molar-refractivity contribution in [3.8, 4) is 5.75 Å². The molecule has 0 aliphatic carbocycles. The molecule has 116 valence electrons. The highest BCUT2D eigenvalue weighted by Crippen LogP contribution is 2.25. The summed E-state index contributed by atoms with van der Waals surface area (Å²) in [6, 6.07) is 5.71. The normalized spacial score (nSPS) is 16.6. The Balaban J connectivity index is 1.88. The second-order valence-electron chi connectivity index (χ2n) is 5.60. The van der Waals surface area contributed by atoms with E-state index in [0.29, 0.717) is 11.4 Å². The van der Waals surface area contributed by atoms with Crippen LogP contribution in [0.3, 0.4) is 0 Å². The summed E-state index contributed by atoms with van der Waals surface area (Å²) in [7, 11) is 1.63. The molecule has 1 N–H and O–H groups in total. The second kappa shape index (κ2) is 7.66. The first-order valence-corrected chi connectivity index (χ1v) is 7.79. The van der Waals surface area contributed by atoms with Gasteiger partial charge in [0.2, 0.25) is 5.91 Å². The SMILES string of the molecule is COc1ccc(CC(C)CC(=O)N2CCNCC2)c(Cl)c1. The van der Waals surface area contributed by atoms with Gasteiger partial charge in [0.15, 0.2) is 0 Å². The molecule has 2 rings (SSSR count). The lowest BCUT2D eigenvalue weighted by Crippen LogP contribution is -2.46. The van der Waals surface area contributed by atoms with Gasteiger partial charge in [-0.25, -0.2) is 0 Å². The van der Waals surface area contributed by atoms with Crippen LogP contribution in [0, 0.1) is 5.92 Å². The highest BCUT2D eigenvalue weighted by Gasteiger charge is 2.19. The number of carbonyl (C=O) groups excluding carboxylic acids is 1. The number of rotatable bonds is 5. The Labute approximate surface area is 131 Å². The number of hydrogen-bond acceptors (Lipinski definition) is 3. The van der Waals surface area contributed by atoms with E-state index in [4.69, 9.17) is 16.3 Å². The van der Waals surface area contributed by atoms with Gasteiger partial charge in [0.1, 0.15) is 5.75 Å². The minimum Gasteiger partial charge on any atom is -0.497 e. The predicted molar refractivity (Wildman–Crippen MR) is 84.9 cm³/mol. The number of benzene rings is 1. The molecule has 1 aromatic rings. The smallest absolute Gasteiger partial charge is 0.222 e. The fourth-order valence-electron chi connectivity index (χ4n) is 2.61. The zero-order valence-electron chi connectivity index (χ0n) is 12.7. The van der Waals surface area contributed by atoms with Crippen LogP contribution < -0.4 is 10.1 Å². The molecule has 1 aliphatic rings. The fourth-order valence-corrected chi connectivity index (χ4v) is 2.86. The van der Waals surface area contributed by atoms with E-state index < -0.39 is 0 Å². The number of hydrogen-bond donors (Lipinski definition) is 1. The molecule has 4 nitrogen and oxygen atoms in total. The van der Waals surface area contributed by atoms with Crippen molar-refractivity contribution in [2.45, 2.75) is 19.8 Å². The number of nitrogens with one attached hydrogen (secondary N) is 1. The van der Waals surface area contributed by atoms with Crippen LogP contribution in [0.2, 0.25) is 5.02 Å². The Morgan fingerprint density at radius 3 is 2.76 bits per heavy atom. The molecular formula is C16H23ClN2O2. The third-order valence-electron chi connectivity index (χ3n) is 3.82. The molecule has 1 fully saturated rings. The molecule has 0 spiro atoms. The average molecular weight is 311 g/mol. The fraction of sp³-hybridized carbons (Fsp3) is 0.562. The van der Waals surface area contributed by atoms with Crippen LogP contribution in [-0.4, -0.2) is 44.1 Å². The molecule has 0 radical (unpaired) electrons. The number of carbonyl (C=O) groups is 1. The first kappa shape index (κ1) is 16.1. The lowest BCUT2D eigenvalue weighted by molar-refractivity contribution is -0.132. The summed E-state index contributed by atoms with van der Waals surface area (Å²) in [5.74, 6) is 1.28. The van der Waals surface area contributed by atoms with Gasteiger partial charge in [0.25, 0.3) is 0 Å². The van der Waals surface area contributed by atoms with Crippen LogP contribution in [0.4, 0.5) is 0 Å². The summed E-state index contributed by atoms with van der Waals surface area (Å²) < 4.78 is 5.15. The van der Waals surface area contributed by atoms with Crippen molar-refractivity contribution in [1.29, 1.82) is 0 Å². The first-order chi connectivity index (χ1) is 10.1. The van der Waals surface area contributed by atoms with Gasteiger partial charge < -0.3 is 15.0 Å². The van der Waals surface area contributed by atoms with Crippen LogP contribution in [0.1, 0.15) is 18.9 Å². The monoisotopic (exact) mass is 310 g/mol. The molecule has 1 unspecified atom stereocenters. The molecule has 0 bridgehead atoms.